The number of hydrogen-bond acceptors (Lipinski definition) is 4. The summed E-state index contributed by atoms with van der Waals surface area (Å²) >= 11 is 0. The van der Waals surface area contributed by atoms with E-state index in [1.165, 1.54) is 0 Å². The molecular formula is C16H23N3O3S. The molecular weight excluding hydrogens is 314 g/mol. The predicted molar refractivity (Wildman–Crippen MR) is 89.9 cm³/mol. The highest BCUT2D eigenvalue weighted by Crippen LogP contribution is 2.22. The van der Waals surface area contributed by atoms with Gasteiger partial charge in [-0.25, -0.2) is 8.42 Å². The van der Waals surface area contributed by atoms with E-state index in [0.29, 0.717) is 11.4 Å². The van der Waals surface area contributed by atoms with Gasteiger partial charge < -0.3 is 4.90 Å². The first-order valence-electron chi connectivity index (χ1n) is 7.94. The lowest BCUT2D eigenvalue weighted by molar-refractivity contribution is -0.131. The Hall–Kier alpha value is -1.89. The first kappa shape index (κ1) is 17.5. The zero-order chi connectivity index (χ0) is 16.9. The summed E-state index contributed by atoms with van der Waals surface area (Å²) in [7, 11) is -3.52. The number of fused-ring (bicyclic) bond motifs is 1. The van der Waals surface area contributed by atoms with Crippen LogP contribution in [0.1, 0.15) is 38.7 Å². The molecule has 1 aliphatic heterocycles. The lowest BCUT2D eigenvalue weighted by Crippen LogP contribution is -2.33. The molecule has 0 unspecified atom stereocenters. The van der Waals surface area contributed by atoms with Gasteiger partial charge in [0.05, 0.1) is 11.4 Å². The molecule has 0 radical (unpaired) electrons. The Balaban J connectivity index is 2.03. The molecule has 1 amide bonds. The third-order valence-corrected chi connectivity index (χ3v) is 5.00. The Labute approximate surface area is 137 Å². The van der Waals surface area contributed by atoms with E-state index in [0.717, 1.165) is 25.9 Å². The van der Waals surface area contributed by atoms with Gasteiger partial charge in [0.2, 0.25) is 5.91 Å². The maximum atomic E-state index is 12.2. The highest BCUT2D eigenvalue weighted by atomic mass is 32.2. The molecule has 23 heavy (non-hydrogen) atoms. The number of amidine groups is 1. The van der Waals surface area contributed by atoms with Crippen LogP contribution in [0.4, 0.5) is 0 Å². The summed E-state index contributed by atoms with van der Waals surface area (Å²) in [6.45, 7) is 5.85. The average Bonchev–Trinajstić information content (AvgIpc) is 2.78. The van der Waals surface area contributed by atoms with Crippen molar-refractivity contribution < 1.29 is 13.2 Å². The Kier molecular flexibility index (Phi) is 5.76. The fourth-order valence-corrected chi connectivity index (χ4v) is 3.82. The lowest BCUT2D eigenvalue weighted by atomic mass is 10.2. The van der Waals surface area contributed by atoms with Crippen molar-refractivity contribution in [2.24, 2.45) is 4.99 Å². The van der Waals surface area contributed by atoms with Crippen molar-refractivity contribution >= 4 is 21.8 Å². The van der Waals surface area contributed by atoms with Crippen molar-refractivity contribution in [2.45, 2.75) is 38.0 Å². The molecule has 0 atom stereocenters. The van der Waals surface area contributed by atoms with E-state index in [-0.39, 0.29) is 23.8 Å². The van der Waals surface area contributed by atoms with E-state index in [4.69, 9.17) is 0 Å². The quantitative estimate of drug-likeness (QED) is 0.823. The summed E-state index contributed by atoms with van der Waals surface area (Å²) in [5.41, 5.74) is 0.568. The van der Waals surface area contributed by atoms with Crippen LogP contribution in [0.25, 0.3) is 0 Å². The highest BCUT2D eigenvalue weighted by Gasteiger charge is 2.29. The van der Waals surface area contributed by atoms with Gasteiger partial charge in [0.15, 0.2) is 0 Å². The number of aliphatic imine (C=N–C) groups is 1. The van der Waals surface area contributed by atoms with Crippen molar-refractivity contribution in [3.8, 4) is 0 Å². The molecule has 0 aromatic heterocycles. The normalized spacial score (nSPS) is 16.9. The smallest absolute Gasteiger partial charge is 0.263 e. The average molecular weight is 337 g/mol. The van der Waals surface area contributed by atoms with Crippen LogP contribution in [0.3, 0.4) is 0 Å². The SMILES string of the molecule is CCCN(CCC)C(=O)CCN=C1NS(=O)(=O)c2ccccc21. The van der Waals surface area contributed by atoms with Crippen LogP contribution in [-0.2, 0) is 14.8 Å². The van der Waals surface area contributed by atoms with E-state index in [9.17, 15) is 13.2 Å². The molecule has 1 heterocycles. The van der Waals surface area contributed by atoms with Crippen LogP contribution >= 0.6 is 0 Å². The Morgan fingerprint density at radius 1 is 1.17 bits per heavy atom. The van der Waals surface area contributed by atoms with Crippen molar-refractivity contribution in [3.05, 3.63) is 29.8 Å². The lowest BCUT2D eigenvalue weighted by Gasteiger charge is -2.21. The number of rotatable bonds is 7. The zero-order valence-corrected chi connectivity index (χ0v) is 14.4. The molecule has 126 valence electrons. The molecule has 7 heteroatoms. The second-order valence-corrected chi connectivity index (χ2v) is 7.11. The maximum absolute atomic E-state index is 12.2. The van der Waals surface area contributed by atoms with Crippen molar-refractivity contribution in [1.82, 2.24) is 9.62 Å². The van der Waals surface area contributed by atoms with E-state index >= 15 is 0 Å². The third-order valence-electron chi connectivity index (χ3n) is 3.60. The maximum Gasteiger partial charge on any atom is 0.263 e. The number of amides is 1. The molecule has 0 saturated carbocycles. The van der Waals surface area contributed by atoms with Gasteiger partial charge in [0.25, 0.3) is 10.0 Å². The molecule has 1 aliphatic rings. The predicted octanol–water partition coefficient (Wildman–Crippen LogP) is 1.76. The van der Waals surface area contributed by atoms with Gasteiger partial charge in [-0.3, -0.25) is 14.5 Å². The molecule has 0 spiro atoms. The summed E-state index contributed by atoms with van der Waals surface area (Å²) < 4.78 is 26.4. The van der Waals surface area contributed by atoms with Crippen LogP contribution in [-0.4, -0.2) is 44.7 Å². The Morgan fingerprint density at radius 3 is 2.48 bits per heavy atom. The number of carbonyl (C=O) groups excluding carboxylic acids is 1. The Morgan fingerprint density at radius 2 is 1.83 bits per heavy atom. The third kappa shape index (κ3) is 4.10. The van der Waals surface area contributed by atoms with E-state index in [2.05, 4.69) is 9.71 Å². The van der Waals surface area contributed by atoms with Crippen molar-refractivity contribution in [3.63, 3.8) is 0 Å². The molecule has 0 saturated heterocycles. The highest BCUT2D eigenvalue weighted by molar-refractivity contribution is 7.90. The summed E-state index contributed by atoms with van der Waals surface area (Å²) in [6.07, 6.45) is 2.13. The minimum Gasteiger partial charge on any atom is -0.343 e. The molecule has 0 bridgehead atoms. The van der Waals surface area contributed by atoms with Crippen LogP contribution < -0.4 is 4.72 Å². The molecule has 1 aromatic rings. The van der Waals surface area contributed by atoms with Gasteiger partial charge >= 0.3 is 0 Å². The summed E-state index contributed by atoms with van der Waals surface area (Å²) in [5, 5.41) is 0. The zero-order valence-electron chi connectivity index (χ0n) is 13.6. The summed E-state index contributed by atoms with van der Waals surface area (Å²) in [5.74, 6) is 0.387. The fraction of sp³-hybridized carbons (Fsp3) is 0.500. The number of nitrogens with zero attached hydrogens (tertiary/aromatic N) is 2. The minimum absolute atomic E-state index is 0.0622. The van der Waals surface area contributed by atoms with Gasteiger partial charge in [0, 0.05) is 25.1 Å². The minimum atomic E-state index is -3.52. The number of hydrogen-bond donors (Lipinski definition) is 1. The van der Waals surface area contributed by atoms with Crippen LogP contribution in [0.5, 0.6) is 0 Å². The van der Waals surface area contributed by atoms with Crippen LogP contribution in [0.15, 0.2) is 34.2 Å². The monoisotopic (exact) mass is 337 g/mol. The molecule has 6 nitrogen and oxygen atoms in total. The standard InChI is InChI=1S/C16H23N3O3S/c1-3-11-19(12-4-2)15(20)9-10-17-16-13-7-5-6-8-14(13)23(21,22)18-16/h5-8H,3-4,9-12H2,1-2H3,(H,17,18). The van der Waals surface area contributed by atoms with E-state index in [1.54, 1.807) is 24.3 Å². The van der Waals surface area contributed by atoms with Gasteiger partial charge in [-0.15, -0.1) is 0 Å². The number of carbonyl (C=O) groups is 1. The van der Waals surface area contributed by atoms with Crippen LogP contribution in [0, 0.1) is 0 Å². The van der Waals surface area contributed by atoms with Gasteiger partial charge in [0.1, 0.15) is 5.84 Å². The number of benzene rings is 1. The molecule has 1 N–H and O–H groups in total. The summed E-state index contributed by atoms with van der Waals surface area (Å²) in [6, 6.07) is 6.72. The fourth-order valence-electron chi connectivity index (χ4n) is 2.57. The van der Waals surface area contributed by atoms with E-state index in [1.807, 2.05) is 18.7 Å². The summed E-state index contributed by atoms with van der Waals surface area (Å²) in [4.78, 5) is 18.5. The van der Waals surface area contributed by atoms with Gasteiger partial charge in [-0.2, -0.15) is 0 Å². The number of sulfonamides is 1. The molecule has 1 aromatic carbocycles. The van der Waals surface area contributed by atoms with Gasteiger partial charge in [-0.1, -0.05) is 26.0 Å². The van der Waals surface area contributed by atoms with Crippen molar-refractivity contribution in [1.29, 1.82) is 0 Å². The van der Waals surface area contributed by atoms with Crippen LogP contribution in [0.2, 0.25) is 0 Å². The van der Waals surface area contributed by atoms with E-state index < -0.39 is 10.0 Å². The first-order chi connectivity index (χ1) is 11.0. The Bertz CT molecular complexity index is 692. The van der Waals surface area contributed by atoms with Gasteiger partial charge in [-0.05, 0) is 25.0 Å². The largest absolute Gasteiger partial charge is 0.343 e. The first-order valence-corrected chi connectivity index (χ1v) is 9.42. The topological polar surface area (TPSA) is 78.8 Å². The number of nitrogens with one attached hydrogen (secondary N) is 1. The molecule has 2 rings (SSSR count). The molecule has 0 fully saturated rings. The molecule has 0 aliphatic carbocycles. The second kappa shape index (κ2) is 7.59. The second-order valence-electron chi connectivity index (χ2n) is 5.46. The van der Waals surface area contributed by atoms with Crippen molar-refractivity contribution in [2.75, 3.05) is 19.6 Å².